The highest BCUT2D eigenvalue weighted by molar-refractivity contribution is 7.92. The number of carbonyl (C=O) groups is 1. The molecule has 0 unspecified atom stereocenters. The molecule has 1 amide bonds. The van der Waals surface area contributed by atoms with E-state index in [4.69, 9.17) is 11.6 Å². The van der Waals surface area contributed by atoms with Crippen LogP contribution in [0.2, 0.25) is 5.02 Å². The zero-order chi connectivity index (χ0) is 18.4. The van der Waals surface area contributed by atoms with Crippen LogP contribution in [0.5, 0.6) is 0 Å². The summed E-state index contributed by atoms with van der Waals surface area (Å²) in [6.07, 6.45) is 1.90. The van der Waals surface area contributed by atoms with Crippen molar-refractivity contribution in [3.63, 3.8) is 0 Å². The molecule has 2 aromatic rings. The molecule has 0 saturated heterocycles. The first kappa shape index (κ1) is 19.3. The highest BCUT2D eigenvalue weighted by atomic mass is 35.5. The van der Waals surface area contributed by atoms with Gasteiger partial charge in [-0.1, -0.05) is 31.0 Å². The molecule has 0 bridgehead atoms. The Morgan fingerprint density at radius 2 is 1.80 bits per heavy atom. The fourth-order valence-corrected chi connectivity index (χ4v) is 3.49. The van der Waals surface area contributed by atoms with Crippen LogP contribution in [0.15, 0.2) is 47.4 Å². The van der Waals surface area contributed by atoms with E-state index in [0.717, 1.165) is 12.8 Å². The Labute approximate surface area is 153 Å². The lowest BCUT2D eigenvalue weighted by Crippen LogP contribution is -2.24. The van der Waals surface area contributed by atoms with Gasteiger partial charge >= 0.3 is 0 Å². The van der Waals surface area contributed by atoms with E-state index in [2.05, 4.69) is 10.0 Å². The maximum Gasteiger partial charge on any atom is 0.261 e. The summed E-state index contributed by atoms with van der Waals surface area (Å²) < 4.78 is 27.5. The maximum atomic E-state index is 12.5. The Balaban J connectivity index is 2.15. The summed E-state index contributed by atoms with van der Waals surface area (Å²) in [5.41, 5.74) is 1.50. The first-order valence-electron chi connectivity index (χ1n) is 8.01. The minimum atomic E-state index is -3.76. The molecule has 0 aliphatic heterocycles. The summed E-state index contributed by atoms with van der Waals surface area (Å²) in [6.45, 7) is 4.38. The number of halogens is 1. The highest BCUT2D eigenvalue weighted by Crippen LogP contribution is 2.25. The third-order valence-electron chi connectivity index (χ3n) is 3.75. The van der Waals surface area contributed by atoms with E-state index < -0.39 is 10.0 Å². The Morgan fingerprint density at radius 3 is 2.44 bits per heavy atom. The van der Waals surface area contributed by atoms with Gasteiger partial charge in [-0.2, -0.15) is 0 Å². The molecule has 0 radical (unpaired) electrons. The second kappa shape index (κ2) is 8.36. The molecule has 0 aliphatic carbocycles. The minimum absolute atomic E-state index is 0.0805. The summed E-state index contributed by atoms with van der Waals surface area (Å²) >= 11 is 6.02. The zero-order valence-corrected chi connectivity index (χ0v) is 15.7. The van der Waals surface area contributed by atoms with Crippen molar-refractivity contribution in [1.82, 2.24) is 5.32 Å². The highest BCUT2D eigenvalue weighted by Gasteiger charge is 2.16. The van der Waals surface area contributed by atoms with Crippen LogP contribution in [0, 0.1) is 6.92 Å². The molecule has 25 heavy (non-hydrogen) atoms. The molecule has 7 heteroatoms. The Morgan fingerprint density at radius 1 is 1.12 bits per heavy atom. The molecule has 0 atom stereocenters. The van der Waals surface area contributed by atoms with E-state index in [1.807, 2.05) is 6.92 Å². The second-order valence-corrected chi connectivity index (χ2v) is 7.74. The number of sulfonamides is 1. The summed E-state index contributed by atoms with van der Waals surface area (Å²) in [4.78, 5) is 12.0. The molecule has 0 saturated carbocycles. The Hall–Kier alpha value is -2.05. The summed E-state index contributed by atoms with van der Waals surface area (Å²) in [7, 11) is -3.76. The van der Waals surface area contributed by atoms with Gasteiger partial charge in [0.25, 0.3) is 15.9 Å². The van der Waals surface area contributed by atoms with Gasteiger partial charge in [-0.3, -0.25) is 9.52 Å². The average Bonchev–Trinajstić information content (AvgIpc) is 2.59. The maximum absolute atomic E-state index is 12.5. The van der Waals surface area contributed by atoms with Crippen LogP contribution in [0.3, 0.4) is 0 Å². The normalized spacial score (nSPS) is 11.2. The molecule has 0 fully saturated rings. The summed E-state index contributed by atoms with van der Waals surface area (Å²) in [6, 6.07) is 10.8. The lowest BCUT2D eigenvalue weighted by Gasteiger charge is -2.12. The van der Waals surface area contributed by atoms with E-state index in [1.54, 1.807) is 25.1 Å². The van der Waals surface area contributed by atoms with Crippen LogP contribution in [0.4, 0.5) is 5.69 Å². The van der Waals surface area contributed by atoms with Crippen molar-refractivity contribution < 1.29 is 13.2 Å². The number of amides is 1. The number of anilines is 1. The van der Waals surface area contributed by atoms with E-state index >= 15 is 0 Å². The van der Waals surface area contributed by atoms with Gasteiger partial charge in [0.2, 0.25) is 0 Å². The molecule has 134 valence electrons. The van der Waals surface area contributed by atoms with Gasteiger partial charge in [0.05, 0.1) is 10.6 Å². The van der Waals surface area contributed by atoms with Crippen molar-refractivity contribution in [2.24, 2.45) is 0 Å². The first-order valence-corrected chi connectivity index (χ1v) is 9.87. The van der Waals surface area contributed by atoms with Gasteiger partial charge in [-0.25, -0.2) is 8.42 Å². The van der Waals surface area contributed by atoms with Gasteiger partial charge in [-0.15, -0.1) is 0 Å². The van der Waals surface area contributed by atoms with Crippen molar-refractivity contribution in [3.8, 4) is 0 Å². The smallest absolute Gasteiger partial charge is 0.261 e. The van der Waals surface area contributed by atoms with E-state index in [9.17, 15) is 13.2 Å². The van der Waals surface area contributed by atoms with Gasteiger partial charge in [-0.05, 0) is 55.3 Å². The first-order chi connectivity index (χ1) is 11.8. The van der Waals surface area contributed by atoms with Crippen LogP contribution in [0.1, 0.15) is 35.7 Å². The molecule has 2 aromatic carbocycles. The molecule has 0 aromatic heterocycles. The summed E-state index contributed by atoms with van der Waals surface area (Å²) in [5, 5.41) is 3.28. The van der Waals surface area contributed by atoms with Crippen LogP contribution in [0.25, 0.3) is 0 Å². The molecule has 2 N–H and O–H groups in total. The summed E-state index contributed by atoms with van der Waals surface area (Å²) in [5.74, 6) is -0.212. The fraction of sp³-hybridized carbons (Fsp3) is 0.278. The van der Waals surface area contributed by atoms with Crippen LogP contribution >= 0.6 is 11.6 Å². The molecular formula is C18H21ClN2O3S. The molecule has 0 heterocycles. The van der Waals surface area contributed by atoms with Crippen molar-refractivity contribution in [3.05, 3.63) is 58.6 Å². The standard InChI is InChI=1S/C18H21ClN2O3S/c1-3-4-12-20-18(22)14-8-10-15(11-9-14)25(23,24)21-17-7-5-6-16(19)13(17)2/h5-11,21H,3-4,12H2,1-2H3,(H,20,22). The lowest BCUT2D eigenvalue weighted by atomic mass is 10.2. The number of nitrogens with one attached hydrogen (secondary N) is 2. The largest absolute Gasteiger partial charge is 0.352 e. The number of unbranched alkanes of at least 4 members (excludes halogenated alkanes) is 1. The van der Waals surface area contributed by atoms with Crippen LogP contribution in [-0.2, 0) is 10.0 Å². The predicted molar refractivity (Wildman–Crippen MR) is 101 cm³/mol. The second-order valence-electron chi connectivity index (χ2n) is 5.65. The van der Waals surface area contributed by atoms with Crippen molar-refractivity contribution >= 4 is 33.2 Å². The van der Waals surface area contributed by atoms with Crippen LogP contribution < -0.4 is 10.0 Å². The van der Waals surface area contributed by atoms with E-state index in [-0.39, 0.29) is 10.8 Å². The third-order valence-corrected chi connectivity index (χ3v) is 5.55. The fourth-order valence-electron chi connectivity index (χ4n) is 2.19. The molecule has 0 aliphatic rings. The van der Waals surface area contributed by atoms with Gasteiger partial charge in [0.15, 0.2) is 0 Å². The number of rotatable bonds is 7. The SMILES string of the molecule is CCCCNC(=O)c1ccc(S(=O)(=O)Nc2cccc(Cl)c2C)cc1. The number of benzene rings is 2. The third kappa shape index (κ3) is 4.96. The molecule has 0 spiro atoms. The monoisotopic (exact) mass is 380 g/mol. The van der Waals surface area contributed by atoms with E-state index in [0.29, 0.717) is 28.4 Å². The van der Waals surface area contributed by atoms with Crippen molar-refractivity contribution in [2.75, 3.05) is 11.3 Å². The molecule has 5 nitrogen and oxygen atoms in total. The molecule has 2 rings (SSSR count). The number of hydrogen-bond acceptors (Lipinski definition) is 3. The predicted octanol–water partition coefficient (Wildman–Crippen LogP) is 3.98. The molecular weight excluding hydrogens is 360 g/mol. The van der Waals surface area contributed by atoms with Gasteiger partial charge in [0.1, 0.15) is 0 Å². The number of hydrogen-bond donors (Lipinski definition) is 2. The van der Waals surface area contributed by atoms with Crippen LogP contribution in [-0.4, -0.2) is 20.9 Å². The topological polar surface area (TPSA) is 75.3 Å². The van der Waals surface area contributed by atoms with E-state index in [1.165, 1.54) is 24.3 Å². The zero-order valence-electron chi connectivity index (χ0n) is 14.2. The quantitative estimate of drug-likeness (QED) is 0.713. The van der Waals surface area contributed by atoms with Crippen molar-refractivity contribution in [1.29, 1.82) is 0 Å². The average molecular weight is 381 g/mol. The van der Waals surface area contributed by atoms with Gasteiger partial charge < -0.3 is 5.32 Å². The minimum Gasteiger partial charge on any atom is -0.352 e. The Bertz CT molecular complexity index is 849. The van der Waals surface area contributed by atoms with Gasteiger partial charge in [0, 0.05) is 17.1 Å². The van der Waals surface area contributed by atoms with Crippen molar-refractivity contribution in [2.45, 2.75) is 31.6 Å². The number of carbonyl (C=O) groups excluding carboxylic acids is 1. The lowest BCUT2D eigenvalue weighted by molar-refractivity contribution is 0.0953. The Kier molecular flexibility index (Phi) is 6.45.